The maximum Gasteiger partial charge on any atom is 0.306 e. The van der Waals surface area contributed by atoms with Crippen LogP contribution in [-0.2, 0) is 14.3 Å². The van der Waals surface area contributed by atoms with Crippen molar-refractivity contribution in [1.82, 2.24) is 14.8 Å². The average Bonchev–Trinajstić information content (AvgIpc) is 3.59. The van der Waals surface area contributed by atoms with Crippen LogP contribution in [-0.4, -0.2) is 84.7 Å². The van der Waals surface area contributed by atoms with Crippen LogP contribution in [0.3, 0.4) is 0 Å². The van der Waals surface area contributed by atoms with E-state index in [1.807, 2.05) is 29.2 Å². The van der Waals surface area contributed by atoms with Crippen molar-refractivity contribution < 1.29 is 19.1 Å². The van der Waals surface area contributed by atoms with Crippen LogP contribution in [0.15, 0.2) is 41.8 Å². The summed E-state index contributed by atoms with van der Waals surface area (Å²) in [5.74, 6) is 0.0215. The zero-order valence-electron chi connectivity index (χ0n) is 21.6. The Balaban J connectivity index is 1.07. The number of pyridine rings is 1. The quantitative estimate of drug-likeness (QED) is 0.355. The number of nitrogens with one attached hydrogen (secondary N) is 1. The van der Waals surface area contributed by atoms with Gasteiger partial charge in [0.25, 0.3) is 5.91 Å². The molecule has 0 radical (unpaired) electrons. The first-order chi connectivity index (χ1) is 18.6. The molecule has 1 aromatic carbocycles. The van der Waals surface area contributed by atoms with Crippen molar-refractivity contribution in [2.24, 2.45) is 0 Å². The zero-order valence-corrected chi connectivity index (χ0v) is 22.4. The molecule has 3 saturated heterocycles. The fourth-order valence-electron chi connectivity index (χ4n) is 5.70. The Morgan fingerprint density at radius 3 is 2.58 bits per heavy atom. The highest BCUT2D eigenvalue weighted by molar-refractivity contribution is 7.17. The van der Waals surface area contributed by atoms with Gasteiger partial charge in [-0.1, -0.05) is 12.1 Å². The topological polar surface area (TPSA) is 84.0 Å². The number of aromatic nitrogens is 1. The minimum Gasteiger partial charge on any atom is -0.459 e. The molecule has 0 bridgehead atoms. The summed E-state index contributed by atoms with van der Waals surface area (Å²) in [6, 6.07) is 12.0. The van der Waals surface area contributed by atoms with Crippen molar-refractivity contribution in [3.05, 3.63) is 47.3 Å². The summed E-state index contributed by atoms with van der Waals surface area (Å²) in [5.41, 5.74) is 4.49. The van der Waals surface area contributed by atoms with Crippen molar-refractivity contribution >= 4 is 39.1 Å². The average molecular weight is 535 g/mol. The maximum atomic E-state index is 12.8. The summed E-state index contributed by atoms with van der Waals surface area (Å²) >= 11 is 1.70. The van der Waals surface area contributed by atoms with Crippen molar-refractivity contribution in [3.63, 3.8) is 0 Å². The van der Waals surface area contributed by atoms with Gasteiger partial charge in [0, 0.05) is 50.3 Å². The molecule has 3 aromatic rings. The van der Waals surface area contributed by atoms with E-state index in [1.165, 1.54) is 0 Å². The lowest BCUT2D eigenvalue weighted by Crippen LogP contribution is -2.44. The Hall–Kier alpha value is -3.01. The molecule has 38 heavy (non-hydrogen) atoms. The minimum atomic E-state index is -0.182. The van der Waals surface area contributed by atoms with Crippen LogP contribution in [0, 0.1) is 0 Å². The first-order valence-electron chi connectivity index (χ1n) is 13.6. The van der Waals surface area contributed by atoms with E-state index < -0.39 is 0 Å². The highest BCUT2D eigenvalue weighted by Crippen LogP contribution is 2.36. The van der Waals surface area contributed by atoms with E-state index in [1.54, 1.807) is 11.3 Å². The van der Waals surface area contributed by atoms with Crippen LogP contribution in [0.4, 0.5) is 5.69 Å². The molecule has 1 spiro atoms. The Kier molecular flexibility index (Phi) is 7.32. The minimum absolute atomic E-state index is 0.0308. The second-order valence-corrected chi connectivity index (χ2v) is 11.4. The number of hydrogen-bond acceptors (Lipinski definition) is 8. The number of ether oxygens (including phenoxy) is 2. The molecule has 1 amide bonds. The van der Waals surface area contributed by atoms with Gasteiger partial charge >= 0.3 is 5.97 Å². The maximum absolute atomic E-state index is 12.8. The molecule has 200 valence electrons. The molecule has 6 rings (SSSR count). The van der Waals surface area contributed by atoms with Gasteiger partial charge in [-0.25, -0.2) is 4.98 Å². The number of fused-ring (bicyclic) bond motifs is 1. The van der Waals surface area contributed by atoms with Crippen molar-refractivity contribution in [3.8, 4) is 11.3 Å². The van der Waals surface area contributed by atoms with Crippen LogP contribution in [0.25, 0.3) is 21.5 Å². The van der Waals surface area contributed by atoms with Crippen LogP contribution in [0.1, 0.15) is 42.5 Å². The van der Waals surface area contributed by atoms with E-state index in [4.69, 9.17) is 14.5 Å². The number of morpholine rings is 1. The molecular formula is C29H34N4O4S. The van der Waals surface area contributed by atoms with Gasteiger partial charge in [0.05, 0.1) is 34.8 Å². The van der Waals surface area contributed by atoms with Gasteiger partial charge in [-0.15, -0.1) is 11.3 Å². The highest BCUT2D eigenvalue weighted by Gasteiger charge is 2.42. The molecule has 3 aliphatic heterocycles. The van der Waals surface area contributed by atoms with E-state index in [9.17, 15) is 9.59 Å². The van der Waals surface area contributed by atoms with Crippen LogP contribution in [0.2, 0.25) is 0 Å². The fourth-order valence-corrected chi connectivity index (χ4v) is 6.53. The van der Waals surface area contributed by atoms with Crippen LogP contribution >= 0.6 is 11.3 Å². The molecule has 2 aromatic heterocycles. The van der Waals surface area contributed by atoms with Gasteiger partial charge in [-0.05, 0) is 61.9 Å². The monoisotopic (exact) mass is 534 g/mol. The van der Waals surface area contributed by atoms with Gasteiger partial charge in [0.2, 0.25) is 0 Å². The number of anilines is 1. The Morgan fingerprint density at radius 1 is 1.05 bits per heavy atom. The first kappa shape index (κ1) is 25.3. The smallest absolute Gasteiger partial charge is 0.306 e. The van der Waals surface area contributed by atoms with E-state index in [2.05, 4.69) is 27.7 Å². The normalized spacial score (nSPS) is 19.7. The molecule has 0 unspecified atom stereocenters. The van der Waals surface area contributed by atoms with Crippen molar-refractivity contribution in [2.45, 2.75) is 37.7 Å². The number of thiophene rings is 1. The predicted molar refractivity (Wildman–Crippen MR) is 149 cm³/mol. The molecule has 8 nitrogen and oxygen atoms in total. The van der Waals surface area contributed by atoms with Crippen LogP contribution < -0.4 is 5.32 Å². The second kappa shape index (κ2) is 11.0. The number of hydrogen-bond donors (Lipinski definition) is 1. The van der Waals surface area contributed by atoms with Gasteiger partial charge < -0.3 is 24.6 Å². The molecule has 0 aliphatic carbocycles. The number of piperidine rings is 1. The molecule has 0 atom stereocenters. The summed E-state index contributed by atoms with van der Waals surface area (Å²) in [7, 11) is 0. The summed E-state index contributed by atoms with van der Waals surface area (Å²) in [6.45, 7) is 6.36. The summed E-state index contributed by atoms with van der Waals surface area (Å²) in [6.07, 6.45) is 4.40. The summed E-state index contributed by atoms with van der Waals surface area (Å²) in [5, 5.41) is 5.73. The third kappa shape index (κ3) is 5.41. The Morgan fingerprint density at radius 2 is 1.84 bits per heavy atom. The number of nitrogens with zero attached hydrogens (tertiary/aromatic N) is 3. The Bertz CT molecular complexity index is 1290. The lowest BCUT2D eigenvalue weighted by molar-refractivity contribution is -0.151. The van der Waals surface area contributed by atoms with E-state index in [-0.39, 0.29) is 17.5 Å². The second-order valence-electron chi connectivity index (χ2n) is 10.5. The number of benzene rings is 1. The molecule has 3 aliphatic rings. The first-order valence-corrected chi connectivity index (χ1v) is 14.5. The predicted octanol–water partition coefficient (Wildman–Crippen LogP) is 4.41. The standard InChI is InChI=1S/C29H34N4O4S/c34-26-6-8-29(37-26)9-13-32(14-10-29)12-1-11-30-25-20-24(31-23-7-19-38-27(23)25)21-2-4-22(5-3-21)28(35)33-15-17-36-18-16-33/h2-5,7,19-20H,1,6,8-18H2,(H,30,31). The van der Waals surface area contributed by atoms with Gasteiger partial charge in [0.15, 0.2) is 0 Å². The number of esters is 1. The lowest BCUT2D eigenvalue weighted by atomic mass is 9.88. The van der Waals surface area contributed by atoms with Gasteiger partial charge in [-0.3, -0.25) is 9.59 Å². The van der Waals surface area contributed by atoms with E-state index >= 15 is 0 Å². The largest absolute Gasteiger partial charge is 0.459 e. The van der Waals surface area contributed by atoms with Gasteiger partial charge in [0.1, 0.15) is 5.60 Å². The highest BCUT2D eigenvalue weighted by atomic mass is 32.1. The molecule has 1 N–H and O–H groups in total. The van der Waals surface area contributed by atoms with E-state index in [0.717, 1.165) is 79.0 Å². The number of carbonyl (C=O) groups is 2. The molecule has 0 saturated carbocycles. The summed E-state index contributed by atoms with van der Waals surface area (Å²) < 4.78 is 12.2. The molecule has 9 heteroatoms. The van der Waals surface area contributed by atoms with Crippen molar-refractivity contribution in [1.29, 1.82) is 0 Å². The summed E-state index contributed by atoms with van der Waals surface area (Å²) in [4.78, 5) is 33.6. The van der Waals surface area contributed by atoms with Crippen molar-refractivity contribution in [2.75, 3.05) is 57.8 Å². The third-order valence-electron chi connectivity index (χ3n) is 7.99. The number of amides is 1. The zero-order chi connectivity index (χ0) is 26.0. The molecule has 5 heterocycles. The third-order valence-corrected chi connectivity index (χ3v) is 8.92. The van der Waals surface area contributed by atoms with Crippen LogP contribution in [0.5, 0.6) is 0 Å². The van der Waals surface area contributed by atoms with Gasteiger partial charge in [-0.2, -0.15) is 0 Å². The number of rotatable bonds is 7. The molecular weight excluding hydrogens is 500 g/mol. The Labute approximate surface area is 226 Å². The SMILES string of the molecule is O=C1CCC2(CCN(CCCNc3cc(-c4ccc(C(=O)N5CCOCC5)cc4)nc4ccsc34)CC2)O1. The molecule has 3 fully saturated rings. The number of carbonyl (C=O) groups excluding carboxylic acids is 2. The van der Waals surface area contributed by atoms with E-state index in [0.29, 0.717) is 38.3 Å². The lowest BCUT2D eigenvalue weighted by Gasteiger charge is -2.38. The number of likely N-dealkylation sites (tertiary alicyclic amines) is 1. The fraction of sp³-hybridized carbons (Fsp3) is 0.483.